The smallest absolute Gasteiger partial charge is 0.224 e. The summed E-state index contributed by atoms with van der Waals surface area (Å²) in [6.07, 6.45) is 7.90. The van der Waals surface area contributed by atoms with Crippen molar-refractivity contribution in [1.29, 1.82) is 5.26 Å². The first-order valence-corrected chi connectivity index (χ1v) is 11.6. The van der Waals surface area contributed by atoms with E-state index in [1.165, 1.54) is 32.1 Å². The lowest BCUT2D eigenvalue weighted by Gasteiger charge is -2.59. The summed E-state index contributed by atoms with van der Waals surface area (Å²) in [6.45, 7) is 1.47. The Balaban J connectivity index is 1.29. The number of nitriles is 1. The molecule has 1 heterocycles. The van der Waals surface area contributed by atoms with E-state index in [9.17, 15) is 5.26 Å². The second-order valence-corrected chi connectivity index (χ2v) is 10.3. The zero-order valence-electron chi connectivity index (χ0n) is 16.9. The van der Waals surface area contributed by atoms with Gasteiger partial charge in [0, 0.05) is 23.6 Å². The van der Waals surface area contributed by atoms with Crippen LogP contribution in [0.3, 0.4) is 0 Å². The molecule has 2 atom stereocenters. The lowest BCUT2D eigenvalue weighted by molar-refractivity contribution is -0.0591. The molecule has 2 unspecified atom stereocenters. The van der Waals surface area contributed by atoms with Crippen LogP contribution in [-0.2, 0) is 6.54 Å². The first-order chi connectivity index (χ1) is 14.5. The van der Waals surface area contributed by atoms with Crippen molar-refractivity contribution in [2.75, 3.05) is 17.2 Å². The van der Waals surface area contributed by atoms with Gasteiger partial charge in [0.25, 0.3) is 0 Å². The Labute approximate surface area is 185 Å². The Morgan fingerprint density at radius 3 is 2.67 bits per heavy atom. The summed E-state index contributed by atoms with van der Waals surface area (Å²) in [5.74, 6) is 3.31. The van der Waals surface area contributed by atoms with Crippen LogP contribution in [0.2, 0.25) is 0 Å². The van der Waals surface area contributed by atoms with E-state index in [0.29, 0.717) is 47.2 Å². The maximum absolute atomic E-state index is 9.54. The fourth-order valence-corrected chi connectivity index (χ4v) is 6.64. The highest BCUT2D eigenvalue weighted by Gasteiger charge is 2.54. The third-order valence-electron chi connectivity index (χ3n) is 7.41. The van der Waals surface area contributed by atoms with Gasteiger partial charge < -0.3 is 16.4 Å². The Kier molecular flexibility index (Phi) is 5.16. The van der Waals surface area contributed by atoms with Crippen LogP contribution in [0, 0.1) is 34.5 Å². The van der Waals surface area contributed by atoms with Gasteiger partial charge in [-0.1, -0.05) is 34.1 Å². The molecule has 4 saturated carbocycles. The molecule has 4 bridgehead atoms. The topological polar surface area (TPSA) is 99.6 Å². The lowest BCUT2D eigenvalue weighted by Crippen LogP contribution is -2.58. The maximum Gasteiger partial charge on any atom is 0.224 e. The van der Waals surface area contributed by atoms with Crippen LogP contribution in [0.4, 0.5) is 11.8 Å². The number of rotatable bonds is 6. The van der Waals surface area contributed by atoms with Crippen LogP contribution >= 0.6 is 15.9 Å². The number of benzene rings is 1. The summed E-state index contributed by atoms with van der Waals surface area (Å²) in [6, 6.07) is 10.7. The van der Waals surface area contributed by atoms with Gasteiger partial charge >= 0.3 is 0 Å². The molecule has 4 aliphatic carbocycles. The van der Waals surface area contributed by atoms with E-state index in [4.69, 9.17) is 5.73 Å². The van der Waals surface area contributed by atoms with Crippen molar-refractivity contribution in [1.82, 2.24) is 9.97 Å². The normalized spacial score (nSPS) is 31.4. The lowest BCUT2D eigenvalue weighted by atomic mass is 9.48. The highest BCUT2D eigenvalue weighted by atomic mass is 79.9. The van der Waals surface area contributed by atoms with Crippen molar-refractivity contribution < 1.29 is 0 Å². The zero-order chi connectivity index (χ0) is 20.7. The van der Waals surface area contributed by atoms with Crippen LogP contribution in [-0.4, -0.2) is 22.6 Å². The van der Waals surface area contributed by atoms with Crippen molar-refractivity contribution in [2.45, 2.75) is 44.7 Å². The second-order valence-electron chi connectivity index (χ2n) is 9.41. The fourth-order valence-electron chi connectivity index (χ4n) is 6.22. The van der Waals surface area contributed by atoms with Crippen molar-refractivity contribution in [3.05, 3.63) is 46.1 Å². The molecule has 2 aromatic rings. The summed E-state index contributed by atoms with van der Waals surface area (Å²) < 4.78 is 1.05. The molecular formula is C23H27BrN6. The molecule has 7 heteroatoms. The Hall–Kier alpha value is -2.17. The molecule has 4 fully saturated rings. The quantitative estimate of drug-likeness (QED) is 0.586. The fraction of sp³-hybridized carbons (Fsp3) is 0.522. The Bertz CT molecular complexity index is 970. The number of hydrogen-bond donors (Lipinski definition) is 3. The van der Waals surface area contributed by atoms with Gasteiger partial charge in [-0.15, -0.1) is 0 Å². The number of aromatic nitrogens is 2. The molecule has 1 aromatic heterocycles. The minimum atomic E-state index is 0.298. The third kappa shape index (κ3) is 3.67. The minimum absolute atomic E-state index is 0.298. The molecule has 4 N–H and O–H groups in total. The average molecular weight is 467 g/mol. The highest BCUT2D eigenvalue weighted by Crippen LogP contribution is 2.59. The molecule has 4 aliphatic rings. The van der Waals surface area contributed by atoms with Crippen molar-refractivity contribution in [3.8, 4) is 6.07 Å². The number of hydrogen-bond acceptors (Lipinski definition) is 6. The predicted molar refractivity (Wildman–Crippen MR) is 121 cm³/mol. The number of nitrogens with two attached hydrogens (primary N) is 1. The Morgan fingerprint density at radius 2 is 1.93 bits per heavy atom. The summed E-state index contributed by atoms with van der Waals surface area (Å²) >= 11 is 3.57. The molecular weight excluding hydrogens is 440 g/mol. The van der Waals surface area contributed by atoms with E-state index in [2.05, 4.69) is 48.7 Å². The van der Waals surface area contributed by atoms with Gasteiger partial charge in [-0.3, -0.25) is 0 Å². The first kappa shape index (κ1) is 19.8. The van der Waals surface area contributed by atoms with Crippen LogP contribution < -0.4 is 16.4 Å². The van der Waals surface area contributed by atoms with Crippen LogP contribution in [0.15, 0.2) is 34.9 Å². The highest BCUT2D eigenvalue weighted by molar-refractivity contribution is 9.10. The standard InChI is InChI=1S/C23H27BrN6/c24-19-4-2-1-3-15(19)11-27-22-28-12-18(10-25)21(30-22)29-13-23-7-14-5-16(8-23)20(26)17(6-14)9-23/h1-4,12,14,16-17,20H,5-9,11,13,26H2,(H2,27,28,29,30). The molecule has 0 aliphatic heterocycles. The summed E-state index contributed by atoms with van der Waals surface area (Å²) in [5, 5.41) is 16.3. The average Bonchev–Trinajstić information content (AvgIpc) is 2.75. The van der Waals surface area contributed by atoms with Crippen LogP contribution in [0.25, 0.3) is 0 Å². The molecule has 0 spiro atoms. The van der Waals surface area contributed by atoms with Crippen molar-refractivity contribution in [2.24, 2.45) is 28.9 Å². The maximum atomic E-state index is 9.54. The number of halogens is 1. The van der Waals surface area contributed by atoms with Gasteiger partial charge in [-0.05, 0) is 66.9 Å². The van der Waals surface area contributed by atoms with Gasteiger partial charge in [0.2, 0.25) is 5.95 Å². The van der Waals surface area contributed by atoms with E-state index in [1.807, 2.05) is 18.2 Å². The van der Waals surface area contributed by atoms with E-state index >= 15 is 0 Å². The number of anilines is 2. The molecule has 0 saturated heterocycles. The zero-order valence-corrected chi connectivity index (χ0v) is 18.5. The second kappa shape index (κ2) is 7.82. The summed E-state index contributed by atoms with van der Waals surface area (Å²) in [5.41, 5.74) is 8.41. The predicted octanol–water partition coefficient (Wildman–Crippen LogP) is 4.29. The van der Waals surface area contributed by atoms with E-state index in [1.54, 1.807) is 6.20 Å². The van der Waals surface area contributed by atoms with Gasteiger partial charge in [-0.25, -0.2) is 4.98 Å². The van der Waals surface area contributed by atoms with Gasteiger partial charge in [0.05, 0.1) is 6.20 Å². The van der Waals surface area contributed by atoms with Gasteiger partial charge in [-0.2, -0.15) is 10.2 Å². The van der Waals surface area contributed by atoms with E-state index in [-0.39, 0.29) is 0 Å². The molecule has 6 nitrogen and oxygen atoms in total. The van der Waals surface area contributed by atoms with Crippen LogP contribution in [0.5, 0.6) is 0 Å². The molecule has 1 aromatic carbocycles. The molecule has 30 heavy (non-hydrogen) atoms. The first-order valence-electron chi connectivity index (χ1n) is 10.8. The number of nitrogens with one attached hydrogen (secondary N) is 2. The summed E-state index contributed by atoms with van der Waals surface area (Å²) in [4.78, 5) is 8.95. The molecule has 0 radical (unpaired) electrons. The number of nitrogens with zero attached hydrogens (tertiary/aromatic N) is 3. The molecule has 156 valence electrons. The van der Waals surface area contributed by atoms with Gasteiger partial charge in [0.15, 0.2) is 0 Å². The SMILES string of the molecule is N#Cc1cnc(NCc2ccccc2Br)nc1NCC12CC3CC(C1)C(N)C(C3)C2. The van der Waals surface area contributed by atoms with Crippen molar-refractivity contribution in [3.63, 3.8) is 0 Å². The van der Waals surface area contributed by atoms with E-state index in [0.717, 1.165) is 22.5 Å². The largest absolute Gasteiger partial charge is 0.368 e. The summed E-state index contributed by atoms with van der Waals surface area (Å²) in [7, 11) is 0. The molecule has 6 rings (SSSR count). The minimum Gasteiger partial charge on any atom is -0.368 e. The monoisotopic (exact) mass is 466 g/mol. The third-order valence-corrected chi connectivity index (χ3v) is 8.18. The van der Waals surface area contributed by atoms with Gasteiger partial charge in [0.1, 0.15) is 17.5 Å². The van der Waals surface area contributed by atoms with Crippen molar-refractivity contribution >= 4 is 27.7 Å². The molecule has 0 amide bonds. The van der Waals surface area contributed by atoms with Crippen LogP contribution in [0.1, 0.15) is 43.2 Å². The Morgan fingerprint density at radius 1 is 1.17 bits per heavy atom. The van der Waals surface area contributed by atoms with E-state index < -0.39 is 0 Å².